The second-order valence-corrected chi connectivity index (χ2v) is 8.97. The van der Waals surface area contributed by atoms with Gasteiger partial charge in [0.2, 0.25) is 0 Å². The second kappa shape index (κ2) is 7.34. The molecule has 1 atom stereocenters. The van der Waals surface area contributed by atoms with Crippen LogP contribution in [0, 0.1) is 5.82 Å². The van der Waals surface area contributed by atoms with Crippen LogP contribution in [-0.2, 0) is 25.9 Å². The first-order valence-corrected chi connectivity index (χ1v) is 11.0. The van der Waals surface area contributed by atoms with Gasteiger partial charge < -0.3 is 14.8 Å². The highest BCUT2D eigenvalue weighted by Crippen LogP contribution is 2.42. The fraction of sp³-hybridized carbons (Fsp3) is 0.348. The third-order valence-electron chi connectivity index (χ3n) is 6.10. The summed E-state index contributed by atoms with van der Waals surface area (Å²) in [6.45, 7) is 3.10. The minimum Gasteiger partial charge on any atom is -0.334 e. The SMILES string of the molecule is C[C@@H]1c2cccn2-c2sc3c(c2CN1C(=O)NCc1ccc(F)cc1)CCCC3. The van der Waals surface area contributed by atoms with Crippen molar-refractivity contribution in [3.05, 3.63) is 75.7 Å². The number of thiophene rings is 1. The lowest BCUT2D eigenvalue weighted by atomic mass is 9.95. The third-order valence-corrected chi connectivity index (χ3v) is 7.43. The average molecular weight is 410 g/mol. The molecule has 0 saturated heterocycles. The van der Waals surface area contributed by atoms with Gasteiger partial charge in [-0.1, -0.05) is 12.1 Å². The second-order valence-electron chi connectivity index (χ2n) is 7.89. The number of urea groups is 1. The third kappa shape index (κ3) is 3.25. The molecule has 0 radical (unpaired) electrons. The zero-order chi connectivity index (χ0) is 20.0. The number of rotatable bonds is 2. The average Bonchev–Trinajstić information content (AvgIpc) is 3.33. The molecule has 1 N–H and O–H groups in total. The number of nitrogens with one attached hydrogen (secondary N) is 1. The van der Waals surface area contributed by atoms with E-state index in [0.717, 1.165) is 24.1 Å². The molecule has 1 aliphatic carbocycles. The summed E-state index contributed by atoms with van der Waals surface area (Å²) < 4.78 is 15.4. The number of amides is 2. The summed E-state index contributed by atoms with van der Waals surface area (Å²) in [5, 5.41) is 4.31. The molecule has 3 heterocycles. The predicted molar refractivity (Wildman–Crippen MR) is 113 cm³/mol. The molecule has 2 amide bonds. The predicted octanol–water partition coefficient (Wildman–Crippen LogP) is 5.34. The maximum atomic E-state index is 13.2. The minimum atomic E-state index is -0.267. The lowest BCUT2D eigenvalue weighted by Crippen LogP contribution is -2.40. The van der Waals surface area contributed by atoms with Crippen molar-refractivity contribution in [2.24, 2.45) is 0 Å². The highest BCUT2D eigenvalue weighted by molar-refractivity contribution is 7.15. The van der Waals surface area contributed by atoms with Crippen LogP contribution < -0.4 is 5.32 Å². The first-order chi connectivity index (χ1) is 14.1. The van der Waals surface area contributed by atoms with E-state index in [1.807, 2.05) is 16.2 Å². The molecule has 0 spiro atoms. The molecule has 5 rings (SSSR count). The van der Waals surface area contributed by atoms with Gasteiger partial charge in [0, 0.05) is 28.9 Å². The molecule has 0 unspecified atom stereocenters. The molecule has 150 valence electrons. The van der Waals surface area contributed by atoms with E-state index in [9.17, 15) is 9.18 Å². The Morgan fingerprint density at radius 2 is 1.97 bits per heavy atom. The first-order valence-electron chi connectivity index (χ1n) is 10.2. The number of fused-ring (bicyclic) bond motifs is 5. The number of aryl methyl sites for hydroxylation is 1. The van der Waals surface area contributed by atoms with Crippen LogP contribution in [0.25, 0.3) is 5.00 Å². The van der Waals surface area contributed by atoms with Crippen molar-refractivity contribution in [1.29, 1.82) is 0 Å². The maximum Gasteiger partial charge on any atom is 0.318 e. The topological polar surface area (TPSA) is 37.3 Å². The molecule has 0 bridgehead atoms. The van der Waals surface area contributed by atoms with Gasteiger partial charge in [0.15, 0.2) is 0 Å². The normalized spacial score (nSPS) is 17.9. The Morgan fingerprint density at radius 3 is 2.79 bits per heavy atom. The minimum absolute atomic E-state index is 0.0305. The number of benzene rings is 1. The van der Waals surface area contributed by atoms with Gasteiger partial charge in [0.25, 0.3) is 0 Å². The Morgan fingerprint density at radius 1 is 1.17 bits per heavy atom. The quantitative estimate of drug-likeness (QED) is 0.609. The Hall–Kier alpha value is -2.60. The molecular weight excluding hydrogens is 385 g/mol. The van der Waals surface area contributed by atoms with Crippen LogP contribution >= 0.6 is 11.3 Å². The van der Waals surface area contributed by atoms with Gasteiger partial charge >= 0.3 is 6.03 Å². The van der Waals surface area contributed by atoms with Crippen molar-refractivity contribution in [2.75, 3.05) is 0 Å². The van der Waals surface area contributed by atoms with Crippen LogP contribution in [0.5, 0.6) is 0 Å². The fourth-order valence-corrected chi connectivity index (χ4v) is 5.89. The molecule has 0 fully saturated rings. The highest BCUT2D eigenvalue weighted by Gasteiger charge is 2.32. The van der Waals surface area contributed by atoms with Crippen molar-refractivity contribution < 1.29 is 9.18 Å². The molecule has 6 heteroatoms. The summed E-state index contributed by atoms with van der Waals surface area (Å²) in [6.07, 6.45) is 6.85. The summed E-state index contributed by atoms with van der Waals surface area (Å²) in [4.78, 5) is 16.6. The number of nitrogens with zero attached hydrogens (tertiary/aromatic N) is 2. The van der Waals surface area contributed by atoms with Gasteiger partial charge in [0.05, 0.1) is 12.6 Å². The Labute approximate surface area is 174 Å². The van der Waals surface area contributed by atoms with Crippen molar-refractivity contribution in [1.82, 2.24) is 14.8 Å². The molecular formula is C23H24FN3OS. The van der Waals surface area contributed by atoms with Crippen LogP contribution in [-0.4, -0.2) is 15.5 Å². The van der Waals surface area contributed by atoms with Crippen LogP contribution in [0.2, 0.25) is 0 Å². The number of halogens is 1. The molecule has 2 aliphatic rings. The molecule has 29 heavy (non-hydrogen) atoms. The largest absolute Gasteiger partial charge is 0.334 e. The van der Waals surface area contributed by atoms with Crippen molar-refractivity contribution in [2.45, 2.75) is 51.7 Å². The van der Waals surface area contributed by atoms with E-state index in [0.29, 0.717) is 13.1 Å². The fourth-order valence-electron chi connectivity index (χ4n) is 4.49. The van der Waals surface area contributed by atoms with Crippen molar-refractivity contribution in [3.63, 3.8) is 0 Å². The van der Waals surface area contributed by atoms with Gasteiger partial charge in [-0.15, -0.1) is 11.3 Å². The van der Waals surface area contributed by atoms with Gasteiger partial charge in [-0.05, 0) is 68.0 Å². The van der Waals surface area contributed by atoms with E-state index >= 15 is 0 Å². The van der Waals surface area contributed by atoms with Crippen LogP contribution in [0.4, 0.5) is 9.18 Å². The lowest BCUT2D eigenvalue weighted by molar-refractivity contribution is 0.174. The zero-order valence-corrected chi connectivity index (χ0v) is 17.3. The van der Waals surface area contributed by atoms with Crippen LogP contribution in [0.1, 0.15) is 53.1 Å². The molecule has 1 aromatic carbocycles. The molecule has 2 aromatic heterocycles. The van der Waals surface area contributed by atoms with Crippen LogP contribution in [0.15, 0.2) is 42.6 Å². The molecule has 3 aromatic rings. The number of hydrogen-bond acceptors (Lipinski definition) is 2. The van der Waals surface area contributed by atoms with E-state index in [1.165, 1.54) is 46.0 Å². The standard InChI is InChI=1S/C23H24FN3OS/c1-15-20-6-4-12-26(20)22-19(18-5-2-3-7-21(18)29-22)14-27(15)23(28)25-13-16-8-10-17(24)11-9-16/h4,6,8-12,15H,2-3,5,7,13-14H2,1H3,(H,25,28)/t15-/m1/s1. The summed E-state index contributed by atoms with van der Waals surface area (Å²) in [7, 11) is 0. The monoisotopic (exact) mass is 409 g/mol. The summed E-state index contributed by atoms with van der Waals surface area (Å²) in [6, 6.07) is 10.3. The van der Waals surface area contributed by atoms with Gasteiger partial charge in [-0.2, -0.15) is 0 Å². The van der Waals surface area contributed by atoms with Gasteiger partial charge in [-0.3, -0.25) is 0 Å². The maximum absolute atomic E-state index is 13.2. The Kier molecular flexibility index (Phi) is 4.66. The number of hydrogen-bond donors (Lipinski definition) is 1. The summed E-state index contributed by atoms with van der Waals surface area (Å²) >= 11 is 1.89. The van der Waals surface area contributed by atoms with Gasteiger partial charge in [-0.25, -0.2) is 9.18 Å². The first kappa shape index (κ1) is 18.4. The molecule has 0 saturated carbocycles. The van der Waals surface area contributed by atoms with Crippen LogP contribution in [0.3, 0.4) is 0 Å². The van der Waals surface area contributed by atoms with E-state index < -0.39 is 0 Å². The Balaban J connectivity index is 1.45. The zero-order valence-electron chi connectivity index (χ0n) is 16.5. The molecule has 1 aliphatic heterocycles. The van der Waals surface area contributed by atoms with E-state index in [4.69, 9.17) is 0 Å². The summed E-state index contributed by atoms with van der Waals surface area (Å²) in [5.74, 6) is -0.267. The molecule has 4 nitrogen and oxygen atoms in total. The van der Waals surface area contributed by atoms with E-state index in [1.54, 1.807) is 12.1 Å². The van der Waals surface area contributed by atoms with E-state index in [-0.39, 0.29) is 17.9 Å². The number of aromatic nitrogens is 1. The van der Waals surface area contributed by atoms with Crippen molar-refractivity contribution >= 4 is 17.4 Å². The van der Waals surface area contributed by atoms with Gasteiger partial charge in [0.1, 0.15) is 10.8 Å². The highest BCUT2D eigenvalue weighted by atomic mass is 32.1. The van der Waals surface area contributed by atoms with E-state index in [2.05, 4.69) is 35.1 Å². The lowest BCUT2D eigenvalue weighted by Gasteiger charge is -2.28. The van der Waals surface area contributed by atoms with Crippen molar-refractivity contribution in [3.8, 4) is 5.00 Å². The Bertz CT molecular complexity index is 1050. The summed E-state index contributed by atoms with van der Waals surface area (Å²) in [5.41, 5.74) is 4.79. The number of carbonyl (C=O) groups excluding carboxylic acids is 1. The smallest absolute Gasteiger partial charge is 0.318 e. The number of carbonyl (C=O) groups is 1.